The predicted octanol–water partition coefficient (Wildman–Crippen LogP) is 3.80. The maximum atomic E-state index is 14.0. The molecule has 0 spiro atoms. The highest BCUT2D eigenvalue weighted by molar-refractivity contribution is 7.10. The minimum atomic E-state index is -0.271. The van der Waals surface area contributed by atoms with Gasteiger partial charge in [-0.15, -0.1) is 11.3 Å². The molecule has 0 unspecified atom stereocenters. The van der Waals surface area contributed by atoms with Gasteiger partial charge in [-0.3, -0.25) is 14.5 Å². The molecule has 33 heavy (non-hydrogen) atoms. The number of carbonyl (C=O) groups excluding carboxylic acids is 2. The number of rotatable bonds is 4. The number of hydrogen-bond acceptors (Lipinski definition) is 5. The van der Waals surface area contributed by atoms with E-state index in [0.29, 0.717) is 25.4 Å². The molecule has 2 aliphatic heterocycles. The fourth-order valence-electron chi connectivity index (χ4n) is 4.91. The van der Waals surface area contributed by atoms with E-state index < -0.39 is 0 Å². The Labute approximate surface area is 196 Å². The first kappa shape index (κ1) is 21.9. The molecule has 0 aliphatic carbocycles. The molecule has 1 saturated heterocycles. The molecule has 8 heteroatoms. The topological polar surface area (TPSA) is 57.0 Å². The second-order valence-corrected chi connectivity index (χ2v) is 9.64. The molecular weight excluding hydrogens is 441 g/mol. The van der Waals surface area contributed by atoms with Gasteiger partial charge in [0.15, 0.2) is 5.76 Å². The van der Waals surface area contributed by atoms with Crippen LogP contribution in [0.25, 0.3) is 0 Å². The average Bonchev–Trinajstić information content (AvgIpc) is 3.50. The van der Waals surface area contributed by atoms with Crippen LogP contribution in [0.3, 0.4) is 0 Å². The number of furan rings is 1. The predicted molar refractivity (Wildman–Crippen MR) is 124 cm³/mol. The summed E-state index contributed by atoms with van der Waals surface area (Å²) >= 11 is 1.72. The minimum absolute atomic E-state index is 0.0343. The SMILES string of the molecule is C[C@H]1CN(C(=O)CN2CCc3sccc3[C@@H]2c2cccc(F)c2)CCN1C(=O)c1ccco1. The number of halogens is 1. The summed E-state index contributed by atoms with van der Waals surface area (Å²) in [5.41, 5.74) is 2.02. The third-order valence-electron chi connectivity index (χ3n) is 6.54. The number of carbonyl (C=O) groups is 2. The van der Waals surface area contributed by atoms with Crippen molar-refractivity contribution in [1.82, 2.24) is 14.7 Å². The molecule has 4 heterocycles. The molecule has 2 aromatic heterocycles. The van der Waals surface area contributed by atoms with Crippen molar-refractivity contribution in [3.05, 3.63) is 81.7 Å². The molecule has 2 atom stereocenters. The second-order valence-electron chi connectivity index (χ2n) is 8.64. The van der Waals surface area contributed by atoms with E-state index in [0.717, 1.165) is 24.1 Å². The number of hydrogen-bond donors (Lipinski definition) is 0. The van der Waals surface area contributed by atoms with Gasteiger partial charge < -0.3 is 14.2 Å². The van der Waals surface area contributed by atoms with E-state index >= 15 is 0 Å². The van der Waals surface area contributed by atoms with Gasteiger partial charge in [0.25, 0.3) is 5.91 Å². The second kappa shape index (κ2) is 9.11. The lowest BCUT2D eigenvalue weighted by Crippen LogP contribution is -2.57. The van der Waals surface area contributed by atoms with Crippen molar-refractivity contribution in [3.8, 4) is 0 Å². The highest BCUT2D eigenvalue weighted by Gasteiger charge is 2.35. The van der Waals surface area contributed by atoms with Crippen LogP contribution in [0.4, 0.5) is 4.39 Å². The van der Waals surface area contributed by atoms with Crippen LogP contribution in [0.1, 0.15) is 39.5 Å². The summed E-state index contributed by atoms with van der Waals surface area (Å²) in [5.74, 6) is -0.0643. The summed E-state index contributed by atoms with van der Waals surface area (Å²) < 4.78 is 19.3. The monoisotopic (exact) mass is 467 g/mol. The number of fused-ring (bicyclic) bond motifs is 1. The normalized spacial score (nSPS) is 21.2. The Balaban J connectivity index is 1.29. The molecule has 1 fully saturated rings. The highest BCUT2D eigenvalue weighted by Crippen LogP contribution is 2.37. The van der Waals surface area contributed by atoms with E-state index in [1.807, 2.05) is 17.9 Å². The third kappa shape index (κ3) is 4.32. The fraction of sp³-hybridized carbons (Fsp3) is 0.360. The van der Waals surface area contributed by atoms with Crippen LogP contribution < -0.4 is 0 Å². The van der Waals surface area contributed by atoms with Gasteiger partial charge in [0.05, 0.1) is 18.8 Å². The van der Waals surface area contributed by atoms with Crippen molar-refractivity contribution in [1.29, 1.82) is 0 Å². The molecule has 3 aromatic rings. The van der Waals surface area contributed by atoms with Gasteiger partial charge in [0.2, 0.25) is 5.91 Å². The first-order chi connectivity index (χ1) is 16.0. The van der Waals surface area contributed by atoms with Crippen LogP contribution in [0.2, 0.25) is 0 Å². The van der Waals surface area contributed by atoms with E-state index in [1.165, 1.54) is 17.2 Å². The average molecular weight is 468 g/mol. The number of benzene rings is 1. The first-order valence-electron chi connectivity index (χ1n) is 11.2. The smallest absolute Gasteiger partial charge is 0.289 e. The van der Waals surface area contributed by atoms with Crippen LogP contribution in [-0.4, -0.2) is 65.3 Å². The highest BCUT2D eigenvalue weighted by atomic mass is 32.1. The molecule has 2 amide bonds. The Hall–Kier alpha value is -2.97. The summed E-state index contributed by atoms with van der Waals surface area (Å²) in [5, 5.41) is 2.07. The van der Waals surface area contributed by atoms with Gasteiger partial charge >= 0.3 is 0 Å². The van der Waals surface area contributed by atoms with Crippen molar-refractivity contribution in [2.24, 2.45) is 0 Å². The van der Waals surface area contributed by atoms with Crippen LogP contribution in [0.5, 0.6) is 0 Å². The summed E-state index contributed by atoms with van der Waals surface area (Å²) in [6.45, 7) is 4.39. The fourth-order valence-corrected chi connectivity index (χ4v) is 5.81. The molecule has 0 radical (unpaired) electrons. The summed E-state index contributed by atoms with van der Waals surface area (Å²) in [6, 6.07) is 11.9. The molecule has 5 rings (SSSR count). The van der Waals surface area contributed by atoms with E-state index in [2.05, 4.69) is 16.3 Å². The third-order valence-corrected chi connectivity index (χ3v) is 7.54. The van der Waals surface area contributed by atoms with Gasteiger partial charge in [0, 0.05) is 37.1 Å². The molecule has 0 saturated carbocycles. The Morgan fingerprint density at radius 3 is 2.79 bits per heavy atom. The van der Waals surface area contributed by atoms with Crippen molar-refractivity contribution in [3.63, 3.8) is 0 Å². The lowest BCUT2D eigenvalue weighted by molar-refractivity contribution is -0.135. The summed E-state index contributed by atoms with van der Waals surface area (Å²) in [4.78, 5) is 33.0. The maximum Gasteiger partial charge on any atom is 0.289 e. The van der Waals surface area contributed by atoms with Gasteiger partial charge in [-0.1, -0.05) is 12.1 Å². The Morgan fingerprint density at radius 1 is 1.15 bits per heavy atom. The Morgan fingerprint density at radius 2 is 2.03 bits per heavy atom. The summed E-state index contributed by atoms with van der Waals surface area (Å²) in [6.07, 6.45) is 2.37. The Bertz CT molecular complexity index is 1150. The van der Waals surface area contributed by atoms with Crippen LogP contribution in [-0.2, 0) is 11.2 Å². The molecular formula is C25H26FN3O3S. The van der Waals surface area contributed by atoms with Gasteiger partial charge in [-0.05, 0) is 60.2 Å². The van der Waals surface area contributed by atoms with Crippen molar-refractivity contribution in [2.45, 2.75) is 25.4 Å². The lowest BCUT2D eigenvalue weighted by atomic mass is 9.93. The lowest BCUT2D eigenvalue weighted by Gasteiger charge is -2.41. The molecule has 0 N–H and O–H groups in total. The quantitative estimate of drug-likeness (QED) is 0.586. The van der Waals surface area contributed by atoms with Gasteiger partial charge in [0.1, 0.15) is 5.82 Å². The van der Waals surface area contributed by atoms with Crippen molar-refractivity contribution >= 4 is 23.2 Å². The van der Waals surface area contributed by atoms with Crippen LogP contribution in [0, 0.1) is 5.82 Å². The minimum Gasteiger partial charge on any atom is -0.459 e. The van der Waals surface area contributed by atoms with E-state index in [1.54, 1.807) is 40.5 Å². The zero-order valence-corrected chi connectivity index (χ0v) is 19.3. The van der Waals surface area contributed by atoms with Crippen LogP contribution >= 0.6 is 11.3 Å². The standard InChI is InChI=1S/C25H26FN3O3S/c1-17-15-27(10-11-29(17)25(31)21-6-3-12-32-21)23(30)16-28-9-7-22-20(8-13-33-22)24(28)18-4-2-5-19(26)14-18/h2-6,8,12-14,17,24H,7,9-11,15-16H2,1H3/t17-,24-/m0/s1. The van der Waals surface area contributed by atoms with Gasteiger partial charge in [-0.25, -0.2) is 4.39 Å². The Kier molecular flexibility index (Phi) is 6.03. The maximum absolute atomic E-state index is 14.0. The number of nitrogens with zero attached hydrogens (tertiary/aromatic N) is 3. The van der Waals surface area contributed by atoms with Crippen molar-refractivity contribution in [2.75, 3.05) is 32.7 Å². The largest absolute Gasteiger partial charge is 0.459 e. The van der Waals surface area contributed by atoms with Crippen LogP contribution in [0.15, 0.2) is 58.5 Å². The number of piperazine rings is 1. The number of amides is 2. The van der Waals surface area contributed by atoms with E-state index in [-0.39, 0.29) is 36.3 Å². The zero-order valence-electron chi connectivity index (χ0n) is 18.4. The number of thiophene rings is 1. The zero-order chi connectivity index (χ0) is 22.9. The van der Waals surface area contributed by atoms with E-state index in [4.69, 9.17) is 4.42 Å². The molecule has 0 bridgehead atoms. The molecule has 1 aromatic carbocycles. The van der Waals surface area contributed by atoms with Crippen molar-refractivity contribution < 1.29 is 18.4 Å². The van der Waals surface area contributed by atoms with E-state index in [9.17, 15) is 14.0 Å². The van der Waals surface area contributed by atoms with Gasteiger partial charge in [-0.2, -0.15) is 0 Å². The molecule has 172 valence electrons. The first-order valence-corrected chi connectivity index (χ1v) is 12.1. The molecule has 6 nitrogen and oxygen atoms in total. The molecule has 2 aliphatic rings. The summed E-state index contributed by atoms with van der Waals surface area (Å²) in [7, 11) is 0.